The summed E-state index contributed by atoms with van der Waals surface area (Å²) in [6.07, 6.45) is 0. The van der Waals surface area contributed by atoms with E-state index in [4.69, 9.17) is 11.3 Å². The molecule has 0 aliphatic heterocycles. The number of Topliss-reactive ketones (excluding diaryl/α,β-unsaturated/α-hetero) is 1. The molecule has 2 aromatic carbocycles. The van der Waals surface area contributed by atoms with Crippen molar-refractivity contribution in [3.63, 3.8) is 0 Å². The van der Waals surface area contributed by atoms with Crippen molar-refractivity contribution >= 4 is 17.4 Å². The molecular formula is C23H20N2O3. The fourth-order valence-corrected chi connectivity index (χ4v) is 3.35. The Morgan fingerprint density at radius 3 is 2.07 bits per heavy atom. The number of ketones is 1. The van der Waals surface area contributed by atoms with Crippen LogP contribution in [0.25, 0.3) is 27.1 Å². The molecule has 0 fully saturated rings. The SMILES string of the molecule is [C-]#[N+]c1c(-c2ccc(-c3ccccc3)cc2)c(C(=O)OCC)n(C)c1C(C)=O. The first kappa shape index (κ1) is 19.1. The Morgan fingerprint density at radius 1 is 0.964 bits per heavy atom. The number of hydrogen-bond acceptors (Lipinski definition) is 3. The predicted octanol–water partition coefficient (Wildman–Crippen LogP) is 5.29. The summed E-state index contributed by atoms with van der Waals surface area (Å²) in [6.45, 7) is 10.9. The lowest BCUT2D eigenvalue weighted by atomic mass is 9.99. The van der Waals surface area contributed by atoms with Crippen molar-refractivity contribution in [2.45, 2.75) is 13.8 Å². The van der Waals surface area contributed by atoms with Crippen molar-refractivity contribution < 1.29 is 14.3 Å². The first-order valence-corrected chi connectivity index (χ1v) is 8.93. The maximum absolute atomic E-state index is 12.6. The maximum atomic E-state index is 12.6. The maximum Gasteiger partial charge on any atom is 0.354 e. The van der Waals surface area contributed by atoms with Crippen LogP contribution < -0.4 is 0 Å². The minimum atomic E-state index is -0.551. The summed E-state index contributed by atoms with van der Waals surface area (Å²) in [7, 11) is 1.61. The molecule has 0 aliphatic carbocycles. The van der Waals surface area contributed by atoms with Crippen LogP contribution in [0.5, 0.6) is 0 Å². The predicted molar refractivity (Wildman–Crippen MR) is 109 cm³/mol. The molecule has 0 unspecified atom stereocenters. The van der Waals surface area contributed by atoms with Gasteiger partial charge in [0.1, 0.15) is 5.69 Å². The highest BCUT2D eigenvalue weighted by Crippen LogP contribution is 2.40. The van der Waals surface area contributed by atoms with E-state index in [1.54, 1.807) is 14.0 Å². The average molecular weight is 372 g/mol. The van der Waals surface area contributed by atoms with Crippen LogP contribution in [0.3, 0.4) is 0 Å². The molecule has 3 aromatic rings. The number of rotatable bonds is 5. The minimum absolute atomic E-state index is 0.172. The number of aromatic nitrogens is 1. The molecular weight excluding hydrogens is 352 g/mol. The molecule has 1 aromatic heterocycles. The topological polar surface area (TPSA) is 52.7 Å². The molecule has 0 aliphatic rings. The zero-order chi connectivity index (χ0) is 20.3. The number of esters is 1. The van der Waals surface area contributed by atoms with E-state index in [9.17, 15) is 9.59 Å². The summed E-state index contributed by atoms with van der Waals surface area (Å²) in [5.74, 6) is -0.823. The Morgan fingerprint density at radius 2 is 1.54 bits per heavy atom. The van der Waals surface area contributed by atoms with E-state index in [0.29, 0.717) is 11.1 Å². The molecule has 0 bridgehead atoms. The van der Waals surface area contributed by atoms with E-state index in [0.717, 1.165) is 11.1 Å². The van der Waals surface area contributed by atoms with E-state index in [2.05, 4.69) is 4.85 Å². The third-order valence-electron chi connectivity index (χ3n) is 4.56. The highest BCUT2D eigenvalue weighted by molar-refractivity contribution is 6.09. The molecule has 0 radical (unpaired) electrons. The van der Waals surface area contributed by atoms with E-state index in [1.807, 2.05) is 54.6 Å². The molecule has 0 spiro atoms. The zero-order valence-electron chi connectivity index (χ0n) is 16.0. The van der Waals surface area contributed by atoms with Crippen LogP contribution in [0.1, 0.15) is 34.8 Å². The molecule has 0 N–H and O–H groups in total. The van der Waals surface area contributed by atoms with Crippen LogP contribution in [-0.4, -0.2) is 22.9 Å². The normalized spacial score (nSPS) is 10.4. The molecule has 0 atom stereocenters. The summed E-state index contributed by atoms with van der Waals surface area (Å²) in [5.41, 5.74) is 3.81. The Hall–Kier alpha value is -3.65. The lowest BCUT2D eigenvalue weighted by Crippen LogP contribution is -2.13. The van der Waals surface area contributed by atoms with Crippen LogP contribution in [0, 0.1) is 6.57 Å². The highest BCUT2D eigenvalue weighted by Gasteiger charge is 2.29. The number of carbonyl (C=O) groups excluding carboxylic acids is 2. The van der Waals surface area contributed by atoms with Gasteiger partial charge in [-0.05, 0) is 30.5 Å². The summed E-state index contributed by atoms with van der Waals surface area (Å²) in [4.78, 5) is 28.3. The van der Waals surface area contributed by atoms with Gasteiger partial charge in [0.2, 0.25) is 5.69 Å². The first-order valence-electron chi connectivity index (χ1n) is 8.93. The number of hydrogen-bond donors (Lipinski definition) is 0. The third-order valence-corrected chi connectivity index (χ3v) is 4.56. The van der Waals surface area contributed by atoms with Crippen LogP contribution in [0.4, 0.5) is 5.69 Å². The summed E-state index contributed by atoms with van der Waals surface area (Å²) < 4.78 is 6.65. The second-order valence-electron chi connectivity index (χ2n) is 6.31. The number of carbonyl (C=O) groups is 2. The molecule has 3 rings (SSSR count). The second kappa shape index (κ2) is 7.93. The van der Waals surface area contributed by atoms with Gasteiger partial charge in [-0.2, -0.15) is 0 Å². The largest absolute Gasteiger partial charge is 0.461 e. The first-order chi connectivity index (χ1) is 13.5. The average Bonchev–Trinajstić information content (AvgIpc) is 3.01. The second-order valence-corrected chi connectivity index (χ2v) is 6.31. The lowest BCUT2D eigenvalue weighted by molar-refractivity contribution is 0.0516. The molecule has 140 valence electrons. The van der Waals surface area contributed by atoms with E-state index in [-0.39, 0.29) is 29.5 Å². The standard InChI is InChI=1S/C23H20N2O3/c1-5-28-23(27)22-19(20(24-3)21(15(2)26)25(22)4)18-13-11-17(12-14-18)16-9-7-6-8-10-16/h6-14H,5H2,1-2,4H3. The number of benzene rings is 2. The van der Waals surface area contributed by atoms with Crippen molar-refractivity contribution in [1.82, 2.24) is 4.57 Å². The van der Waals surface area contributed by atoms with Crippen molar-refractivity contribution in [2.24, 2.45) is 7.05 Å². The quantitative estimate of drug-likeness (QED) is 0.347. The van der Waals surface area contributed by atoms with Gasteiger partial charge in [0.15, 0.2) is 5.78 Å². The Labute approximate surface area is 164 Å². The lowest BCUT2D eigenvalue weighted by Gasteiger charge is -2.09. The minimum Gasteiger partial charge on any atom is -0.461 e. The molecule has 0 saturated carbocycles. The van der Waals surface area contributed by atoms with Crippen LogP contribution in [-0.2, 0) is 11.8 Å². The van der Waals surface area contributed by atoms with Crippen LogP contribution in [0.15, 0.2) is 54.6 Å². The Bertz CT molecular complexity index is 1070. The molecule has 5 nitrogen and oxygen atoms in total. The van der Waals surface area contributed by atoms with Crippen LogP contribution >= 0.6 is 0 Å². The highest BCUT2D eigenvalue weighted by atomic mass is 16.5. The van der Waals surface area contributed by atoms with Gasteiger partial charge in [-0.25, -0.2) is 9.64 Å². The zero-order valence-corrected chi connectivity index (χ0v) is 16.0. The third kappa shape index (κ3) is 3.33. The van der Waals surface area contributed by atoms with Crippen molar-refractivity contribution in [3.05, 3.63) is 77.4 Å². The van der Waals surface area contributed by atoms with Gasteiger partial charge >= 0.3 is 5.97 Å². The summed E-state index contributed by atoms with van der Waals surface area (Å²) in [5, 5.41) is 0. The van der Waals surface area contributed by atoms with E-state index >= 15 is 0 Å². The van der Waals surface area contributed by atoms with Gasteiger partial charge in [0.25, 0.3) is 0 Å². The molecule has 28 heavy (non-hydrogen) atoms. The summed E-state index contributed by atoms with van der Waals surface area (Å²) >= 11 is 0. The fraction of sp³-hybridized carbons (Fsp3) is 0.174. The Balaban J connectivity index is 2.20. The van der Waals surface area contributed by atoms with Gasteiger partial charge < -0.3 is 9.30 Å². The fourth-order valence-electron chi connectivity index (χ4n) is 3.35. The van der Waals surface area contributed by atoms with Gasteiger partial charge in [0, 0.05) is 12.6 Å². The van der Waals surface area contributed by atoms with Crippen molar-refractivity contribution in [2.75, 3.05) is 6.61 Å². The summed E-state index contributed by atoms with van der Waals surface area (Å²) in [6, 6.07) is 17.5. The van der Waals surface area contributed by atoms with Crippen molar-refractivity contribution in [1.29, 1.82) is 0 Å². The molecule has 1 heterocycles. The van der Waals surface area contributed by atoms with Gasteiger partial charge in [-0.1, -0.05) is 54.6 Å². The number of ether oxygens (including phenoxy) is 1. The molecule has 0 amide bonds. The van der Waals surface area contributed by atoms with Gasteiger partial charge in [0.05, 0.1) is 18.9 Å². The molecule has 5 heteroatoms. The van der Waals surface area contributed by atoms with Gasteiger partial charge in [-0.3, -0.25) is 4.79 Å². The monoisotopic (exact) mass is 372 g/mol. The smallest absolute Gasteiger partial charge is 0.354 e. The Kier molecular flexibility index (Phi) is 5.42. The van der Waals surface area contributed by atoms with E-state index < -0.39 is 5.97 Å². The molecule has 0 saturated heterocycles. The van der Waals surface area contributed by atoms with Crippen molar-refractivity contribution in [3.8, 4) is 22.3 Å². The van der Waals surface area contributed by atoms with Crippen LogP contribution in [0.2, 0.25) is 0 Å². The van der Waals surface area contributed by atoms with E-state index in [1.165, 1.54) is 11.5 Å². The van der Waals surface area contributed by atoms with Gasteiger partial charge in [-0.15, -0.1) is 0 Å². The number of nitrogens with zero attached hydrogens (tertiary/aromatic N) is 2.